The van der Waals surface area contributed by atoms with E-state index in [0.29, 0.717) is 44.1 Å². The number of ether oxygens (including phenoxy) is 2. The summed E-state index contributed by atoms with van der Waals surface area (Å²) in [5, 5.41) is 13.5. The van der Waals surface area contributed by atoms with Gasteiger partial charge in [-0.15, -0.1) is 5.12 Å². The SMILES string of the molecule is CCCCN=C1NN(N(Cc2ccc(OC)cc2)Cc2ccc(OC)cc2)Cc2ccn(Cc3ccc(C(=O)O)cc3)c(=O)c21. The number of benzene rings is 3. The van der Waals surface area contributed by atoms with Gasteiger partial charge in [0.2, 0.25) is 0 Å². The first kappa shape index (κ1) is 31.5. The summed E-state index contributed by atoms with van der Waals surface area (Å²) in [6, 6.07) is 24.6. The highest BCUT2D eigenvalue weighted by atomic mass is 16.5. The molecular weight excluding hydrogens is 570 g/mol. The Morgan fingerprint density at radius 1 is 0.889 bits per heavy atom. The summed E-state index contributed by atoms with van der Waals surface area (Å²) in [5.74, 6) is 1.15. The number of amidine groups is 1. The molecule has 2 N–H and O–H groups in total. The monoisotopic (exact) mass is 609 g/mol. The molecule has 0 saturated heterocycles. The van der Waals surface area contributed by atoms with Crippen LogP contribution in [0.5, 0.6) is 11.5 Å². The zero-order chi connectivity index (χ0) is 31.8. The van der Waals surface area contributed by atoms with Crippen molar-refractivity contribution in [2.24, 2.45) is 4.99 Å². The van der Waals surface area contributed by atoms with Crippen LogP contribution in [0.15, 0.2) is 94.8 Å². The van der Waals surface area contributed by atoms with Crippen molar-refractivity contribution in [3.63, 3.8) is 0 Å². The van der Waals surface area contributed by atoms with E-state index >= 15 is 0 Å². The minimum atomic E-state index is -0.982. The zero-order valence-corrected chi connectivity index (χ0v) is 25.9. The first-order chi connectivity index (χ1) is 21.9. The van der Waals surface area contributed by atoms with Crippen LogP contribution in [0.1, 0.15) is 57.9 Å². The second-order valence-electron chi connectivity index (χ2n) is 10.9. The van der Waals surface area contributed by atoms with Crippen molar-refractivity contribution in [2.45, 2.75) is 45.9 Å². The number of carbonyl (C=O) groups is 1. The highest BCUT2D eigenvalue weighted by Gasteiger charge is 2.29. The van der Waals surface area contributed by atoms with Crippen molar-refractivity contribution in [3.8, 4) is 11.5 Å². The maximum atomic E-state index is 13.9. The summed E-state index contributed by atoms with van der Waals surface area (Å²) < 4.78 is 12.4. The molecule has 0 radical (unpaired) electrons. The Balaban J connectivity index is 1.47. The molecule has 0 unspecified atom stereocenters. The van der Waals surface area contributed by atoms with Gasteiger partial charge < -0.3 is 19.1 Å². The number of nitrogens with one attached hydrogen (secondary N) is 1. The van der Waals surface area contributed by atoms with Crippen LogP contribution in [0.3, 0.4) is 0 Å². The number of methoxy groups -OCH3 is 2. The molecule has 1 aliphatic rings. The summed E-state index contributed by atoms with van der Waals surface area (Å²) >= 11 is 0. The number of aromatic nitrogens is 1. The van der Waals surface area contributed by atoms with Gasteiger partial charge in [0.1, 0.15) is 17.3 Å². The fourth-order valence-electron chi connectivity index (χ4n) is 5.19. The highest BCUT2D eigenvalue weighted by molar-refractivity contribution is 6.00. The van der Waals surface area contributed by atoms with Gasteiger partial charge in [0, 0.05) is 25.8 Å². The number of aliphatic imine (C=N–C) groups is 1. The third kappa shape index (κ3) is 7.78. The average molecular weight is 610 g/mol. The third-order valence-electron chi connectivity index (χ3n) is 7.77. The van der Waals surface area contributed by atoms with Crippen LogP contribution in [0.25, 0.3) is 0 Å². The number of hydrogen-bond acceptors (Lipinski definition) is 7. The van der Waals surface area contributed by atoms with Crippen molar-refractivity contribution in [2.75, 3.05) is 20.8 Å². The number of hydrogen-bond donors (Lipinski definition) is 2. The molecule has 0 spiro atoms. The van der Waals surface area contributed by atoms with Crippen LogP contribution in [0.4, 0.5) is 0 Å². The van der Waals surface area contributed by atoms with Crippen LogP contribution in [-0.2, 0) is 26.2 Å². The van der Waals surface area contributed by atoms with Gasteiger partial charge >= 0.3 is 5.97 Å². The Morgan fingerprint density at radius 3 is 2.00 bits per heavy atom. The Bertz CT molecular complexity index is 1630. The van der Waals surface area contributed by atoms with Crippen LogP contribution in [0.2, 0.25) is 0 Å². The number of carboxylic acids is 1. The van der Waals surface area contributed by atoms with E-state index in [2.05, 4.69) is 41.6 Å². The lowest BCUT2D eigenvalue weighted by molar-refractivity contribution is -0.0769. The molecule has 0 amide bonds. The molecule has 234 valence electrons. The standard InChI is InChI=1S/C35H39N5O5/c1-4-5-19-36-33-32-29(18-20-38(34(32)41)21-25-6-12-28(13-7-25)35(42)43)24-40(37-33)39(22-26-8-14-30(44-2)15-9-26)23-27-10-16-31(45-3)17-11-27/h6-18,20H,4-5,19,21-24H2,1-3H3,(H,36,37)(H,42,43). The smallest absolute Gasteiger partial charge is 0.335 e. The molecule has 0 bridgehead atoms. The molecule has 2 heterocycles. The van der Waals surface area contributed by atoms with E-state index < -0.39 is 5.97 Å². The van der Waals surface area contributed by atoms with Crippen molar-refractivity contribution < 1.29 is 19.4 Å². The number of unbranched alkanes of at least 4 members (excludes halogenated alkanes) is 1. The van der Waals surface area contributed by atoms with Gasteiger partial charge in [-0.2, -0.15) is 0 Å². The van der Waals surface area contributed by atoms with E-state index in [1.54, 1.807) is 49.2 Å². The van der Waals surface area contributed by atoms with Crippen LogP contribution < -0.4 is 20.5 Å². The van der Waals surface area contributed by atoms with Crippen molar-refractivity contribution in [1.29, 1.82) is 0 Å². The number of rotatable bonds is 13. The molecule has 0 fully saturated rings. The largest absolute Gasteiger partial charge is 0.497 e. The Hall–Kier alpha value is -4.93. The molecule has 1 aliphatic heterocycles. The van der Waals surface area contributed by atoms with Gasteiger partial charge in [0.15, 0.2) is 0 Å². The van der Waals surface area contributed by atoms with E-state index in [1.165, 1.54) is 0 Å². The molecule has 0 atom stereocenters. The van der Waals surface area contributed by atoms with Gasteiger partial charge in [-0.1, -0.05) is 49.7 Å². The van der Waals surface area contributed by atoms with E-state index in [9.17, 15) is 14.7 Å². The Labute approximate surface area is 263 Å². The number of aromatic carboxylic acids is 1. The molecule has 1 aromatic heterocycles. The van der Waals surface area contributed by atoms with Gasteiger partial charge in [0.05, 0.1) is 38.4 Å². The minimum absolute atomic E-state index is 0.144. The molecule has 5 rings (SSSR count). The topological polar surface area (TPSA) is 109 Å². The number of fused-ring (bicyclic) bond motifs is 1. The number of carboxylic acid groups (broad SMARTS) is 1. The molecule has 3 aromatic carbocycles. The lowest BCUT2D eigenvalue weighted by Gasteiger charge is -2.39. The maximum absolute atomic E-state index is 13.9. The van der Waals surface area contributed by atoms with Gasteiger partial charge in [0.25, 0.3) is 5.56 Å². The summed E-state index contributed by atoms with van der Waals surface area (Å²) in [7, 11) is 3.31. The summed E-state index contributed by atoms with van der Waals surface area (Å²) in [4.78, 5) is 30.0. The fraction of sp³-hybridized carbons (Fsp3) is 0.286. The van der Waals surface area contributed by atoms with E-state index in [1.807, 2.05) is 35.4 Å². The number of nitrogens with zero attached hydrogens (tertiary/aromatic N) is 4. The van der Waals surface area contributed by atoms with Gasteiger partial charge in [-0.25, -0.2) is 9.80 Å². The van der Waals surface area contributed by atoms with Crippen molar-refractivity contribution in [3.05, 3.63) is 129 Å². The predicted octanol–water partition coefficient (Wildman–Crippen LogP) is 5.10. The normalized spacial score (nSPS) is 13.8. The summed E-state index contributed by atoms with van der Waals surface area (Å²) in [6.07, 6.45) is 3.69. The molecule has 10 heteroatoms. The zero-order valence-electron chi connectivity index (χ0n) is 25.9. The molecule has 0 saturated carbocycles. The second-order valence-corrected chi connectivity index (χ2v) is 10.9. The summed E-state index contributed by atoms with van der Waals surface area (Å²) in [6.45, 7) is 4.68. The first-order valence-electron chi connectivity index (χ1n) is 15.0. The lowest BCUT2D eigenvalue weighted by atomic mass is 10.1. The molecule has 4 aromatic rings. The molecule has 0 aliphatic carbocycles. The quantitative estimate of drug-likeness (QED) is 0.202. The minimum Gasteiger partial charge on any atom is -0.497 e. The Kier molecular flexibility index (Phi) is 10.3. The van der Waals surface area contributed by atoms with Gasteiger partial charge in [-0.05, 0) is 71.1 Å². The molecule has 10 nitrogen and oxygen atoms in total. The van der Waals surface area contributed by atoms with Crippen molar-refractivity contribution in [1.82, 2.24) is 20.1 Å². The maximum Gasteiger partial charge on any atom is 0.335 e. The van der Waals surface area contributed by atoms with Crippen LogP contribution >= 0.6 is 0 Å². The summed E-state index contributed by atoms with van der Waals surface area (Å²) in [5.41, 5.74) is 8.02. The average Bonchev–Trinajstić information content (AvgIpc) is 3.06. The molecular formula is C35H39N5O5. The van der Waals surface area contributed by atoms with Crippen molar-refractivity contribution >= 4 is 11.8 Å². The highest BCUT2D eigenvalue weighted by Crippen LogP contribution is 2.22. The second kappa shape index (κ2) is 14.7. The fourth-order valence-corrected chi connectivity index (χ4v) is 5.19. The number of pyridine rings is 1. The Morgan fingerprint density at radius 2 is 1.47 bits per heavy atom. The van der Waals surface area contributed by atoms with E-state index in [4.69, 9.17) is 14.5 Å². The lowest BCUT2D eigenvalue weighted by Crippen LogP contribution is -2.56. The first-order valence-corrected chi connectivity index (χ1v) is 15.0. The van der Waals surface area contributed by atoms with Gasteiger partial charge in [-0.3, -0.25) is 15.2 Å². The van der Waals surface area contributed by atoms with E-state index in [-0.39, 0.29) is 11.1 Å². The van der Waals surface area contributed by atoms with E-state index in [0.717, 1.165) is 46.6 Å². The third-order valence-corrected chi connectivity index (χ3v) is 7.77. The number of hydrazine groups is 2. The van der Waals surface area contributed by atoms with Crippen LogP contribution in [-0.4, -0.2) is 52.4 Å². The predicted molar refractivity (Wildman–Crippen MR) is 173 cm³/mol. The van der Waals surface area contributed by atoms with Crippen LogP contribution in [0, 0.1) is 0 Å². The molecule has 45 heavy (non-hydrogen) atoms.